The van der Waals surface area contributed by atoms with Crippen molar-refractivity contribution in [2.45, 2.75) is 77.9 Å². The third-order valence-corrected chi connectivity index (χ3v) is 7.51. The molecule has 3 unspecified atom stereocenters. The molecule has 0 aromatic carbocycles. The first-order valence-electron chi connectivity index (χ1n) is 8.13. The van der Waals surface area contributed by atoms with E-state index in [1.54, 1.807) is 6.92 Å². The molecule has 0 radical (unpaired) electrons. The number of hydrogen-bond donors (Lipinski definition) is 1. The third-order valence-electron chi connectivity index (χ3n) is 7.51. The zero-order valence-electron chi connectivity index (χ0n) is 14.0. The Morgan fingerprint density at radius 1 is 1.10 bits per heavy atom. The lowest BCUT2D eigenvalue weighted by Gasteiger charge is -2.50. The topological polar surface area (TPSA) is 84.9 Å². The van der Waals surface area contributed by atoms with E-state index in [1.807, 2.05) is 0 Å². The predicted molar refractivity (Wildman–Crippen MR) is 84.5 cm³/mol. The Balaban J connectivity index is 2.66. The van der Waals surface area contributed by atoms with Gasteiger partial charge in [-0.3, -0.25) is 0 Å². The highest BCUT2D eigenvalue weighted by Crippen LogP contribution is 2.66. The van der Waals surface area contributed by atoms with Crippen LogP contribution in [-0.4, -0.2) is 11.2 Å². The van der Waals surface area contributed by atoms with Crippen molar-refractivity contribution in [3.8, 4) is 0 Å². The zero-order valence-corrected chi connectivity index (χ0v) is 14.0. The van der Waals surface area contributed by atoms with Crippen LogP contribution in [0.3, 0.4) is 0 Å². The minimum atomic E-state index is -1.41. The maximum absolute atomic E-state index is 11.8. The summed E-state index contributed by atoms with van der Waals surface area (Å²) in [6, 6.07) is 0. The van der Waals surface area contributed by atoms with Gasteiger partial charge in [0.25, 0.3) is 0 Å². The van der Waals surface area contributed by atoms with Crippen molar-refractivity contribution in [3.05, 3.63) is 9.81 Å². The molecule has 2 N–H and O–H groups in total. The van der Waals surface area contributed by atoms with Gasteiger partial charge < -0.3 is 5.73 Å². The summed E-state index contributed by atoms with van der Waals surface area (Å²) in [5.41, 5.74) is 3.42. The van der Waals surface area contributed by atoms with Gasteiger partial charge in [0.15, 0.2) is 5.66 Å². The Hall–Kier alpha value is -0.840. The van der Waals surface area contributed by atoms with Gasteiger partial charge in [0.05, 0.1) is 0 Å². The van der Waals surface area contributed by atoms with E-state index in [2.05, 4.69) is 38.0 Å². The molecule has 5 nitrogen and oxygen atoms in total. The van der Waals surface area contributed by atoms with Gasteiger partial charge in [-0.25, -0.2) is 0 Å². The second kappa shape index (κ2) is 4.83. The maximum atomic E-state index is 11.8. The molecular formula is C16H29N3O2. The minimum Gasteiger partial charge on any atom is -0.302 e. The van der Waals surface area contributed by atoms with Crippen LogP contribution in [0.2, 0.25) is 0 Å². The summed E-state index contributed by atoms with van der Waals surface area (Å²) in [5.74, 6) is 0.927. The van der Waals surface area contributed by atoms with Gasteiger partial charge in [0.2, 0.25) is 0 Å². The van der Waals surface area contributed by atoms with Crippen molar-refractivity contribution in [2.24, 2.45) is 38.8 Å². The Morgan fingerprint density at radius 2 is 1.71 bits per heavy atom. The van der Waals surface area contributed by atoms with E-state index in [9.17, 15) is 9.81 Å². The van der Waals surface area contributed by atoms with Crippen LogP contribution >= 0.6 is 0 Å². The molecule has 2 aliphatic rings. The quantitative estimate of drug-likeness (QED) is 0.792. The summed E-state index contributed by atoms with van der Waals surface area (Å²) >= 11 is 0. The SMILES string of the molecule is CC[C@]12CCC(N)(N=O)[C@@](C)(N=O)C(C)(C)C1CCC2C. The maximum Gasteiger partial charge on any atom is 0.179 e. The summed E-state index contributed by atoms with van der Waals surface area (Å²) in [5, 5.41) is 6.61. The molecule has 2 saturated carbocycles. The second-order valence-corrected chi connectivity index (χ2v) is 8.02. The Bertz CT molecular complexity index is 453. The Kier molecular flexibility index (Phi) is 3.80. The fourth-order valence-electron chi connectivity index (χ4n) is 5.50. The van der Waals surface area contributed by atoms with Crippen LogP contribution in [0.1, 0.15) is 66.7 Å². The van der Waals surface area contributed by atoms with Crippen LogP contribution in [0.15, 0.2) is 10.4 Å². The molecule has 0 aliphatic heterocycles. The second-order valence-electron chi connectivity index (χ2n) is 8.02. The Labute approximate surface area is 127 Å². The average Bonchev–Trinajstić information content (AvgIpc) is 2.78. The molecule has 0 aromatic rings. The fourth-order valence-corrected chi connectivity index (χ4v) is 5.50. The van der Waals surface area contributed by atoms with Crippen LogP contribution in [-0.2, 0) is 0 Å². The van der Waals surface area contributed by atoms with Crippen molar-refractivity contribution in [1.82, 2.24) is 0 Å². The van der Waals surface area contributed by atoms with Crippen molar-refractivity contribution in [1.29, 1.82) is 0 Å². The molecule has 0 heterocycles. The van der Waals surface area contributed by atoms with E-state index in [0.717, 1.165) is 19.3 Å². The first-order chi connectivity index (χ1) is 9.65. The molecule has 2 fully saturated rings. The summed E-state index contributed by atoms with van der Waals surface area (Å²) in [6.45, 7) is 10.4. The van der Waals surface area contributed by atoms with Crippen LogP contribution in [0.25, 0.3) is 0 Å². The first kappa shape index (κ1) is 16.5. The minimum absolute atomic E-state index is 0.140. The van der Waals surface area contributed by atoms with E-state index >= 15 is 0 Å². The molecule has 0 amide bonds. The van der Waals surface area contributed by atoms with Crippen molar-refractivity contribution >= 4 is 0 Å². The highest BCUT2D eigenvalue weighted by atomic mass is 16.3. The highest BCUT2D eigenvalue weighted by molar-refractivity contribution is 5.20. The molecule has 0 saturated heterocycles. The van der Waals surface area contributed by atoms with E-state index in [-0.39, 0.29) is 5.41 Å². The van der Waals surface area contributed by atoms with E-state index in [4.69, 9.17) is 5.73 Å². The molecule has 0 spiro atoms. The molecule has 120 valence electrons. The molecule has 2 rings (SSSR count). The first-order valence-corrected chi connectivity index (χ1v) is 8.13. The van der Waals surface area contributed by atoms with Crippen LogP contribution in [0.4, 0.5) is 0 Å². The normalized spacial score (nSPS) is 49.2. The molecular weight excluding hydrogens is 266 g/mol. The molecule has 0 bridgehead atoms. The number of hydrogen-bond acceptors (Lipinski definition) is 5. The average molecular weight is 295 g/mol. The summed E-state index contributed by atoms with van der Waals surface area (Å²) in [7, 11) is 0. The largest absolute Gasteiger partial charge is 0.302 e. The van der Waals surface area contributed by atoms with Gasteiger partial charge >= 0.3 is 0 Å². The Morgan fingerprint density at radius 3 is 2.19 bits per heavy atom. The molecule has 2 aliphatic carbocycles. The lowest BCUT2D eigenvalue weighted by molar-refractivity contribution is -0.00358. The van der Waals surface area contributed by atoms with Crippen molar-refractivity contribution in [2.75, 3.05) is 0 Å². The van der Waals surface area contributed by atoms with Gasteiger partial charge in [0, 0.05) is 5.41 Å². The molecule has 21 heavy (non-hydrogen) atoms. The molecule has 5 atom stereocenters. The summed E-state index contributed by atoms with van der Waals surface area (Å²) < 4.78 is 0. The lowest BCUT2D eigenvalue weighted by Crippen LogP contribution is -2.63. The third kappa shape index (κ3) is 1.79. The smallest absolute Gasteiger partial charge is 0.179 e. The van der Waals surface area contributed by atoms with Crippen molar-refractivity contribution < 1.29 is 0 Å². The monoisotopic (exact) mass is 295 g/mol. The number of fused-ring (bicyclic) bond motifs is 1. The lowest BCUT2D eigenvalue weighted by atomic mass is 9.55. The van der Waals surface area contributed by atoms with E-state index in [1.165, 1.54) is 6.42 Å². The predicted octanol–water partition coefficient (Wildman–Crippen LogP) is 4.20. The van der Waals surface area contributed by atoms with Gasteiger partial charge in [-0.05, 0) is 61.5 Å². The van der Waals surface area contributed by atoms with Gasteiger partial charge in [-0.2, -0.15) is 4.91 Å². The number of nitrogens with zero attached hydrogens (tertiary/aromatic N) is 2. The van der Waals surface area contributed by atoms with Crippen molar-refractivity contribution in [3.63, 3.8) is 0 Å². The van der Waals surface area contributed by atoms with Crippen LogP contribution in [0, 0.1) is 32.5 Å². The van der Waals surface area contributed by atoms with Gasteiger partial charge in [-0.15, -0.1) is 4.91 Å². The van der Waals surface area contributed by atoms with E-state index < -0.39 is 16.6 Å². The number of rotatable bonds is 3. The summed E-state index contributed by atoms with van der Waals surface area (Å²) in [4.78, 5) is 23.3. The van der Waals surface area contributed by atoms with E-state index in [0.29, 0.717) is 18.3 Å². The fraction of sp³-hybridized carbons (Fsp3) is 1.00. The summed E-state index contributed by atoms with van der Waals surface area (Å²) in [6.07, 6.45) is 4.58. The van der Waals surface area contributed by atoms with Gasteiger partial charge in [-0.1, -0.05) is 32.9 Å². The zero-order chi connectivity index (χ0) is 16.1. The van der Waals surface area contributed by atoms with Gasteiger partial charge in [0.1, 0.15) is 5.54 Å². The highest BCUT2D eigenvalue weighted by Gasteiger charge is 2.68. The molecule has 5 heteroatoms. The van der Waals surface area contributed by atoms with Crippen LogP contribution < -0.4 is 5.73 Å². The number of nitrogens with two attached hydrogens (primary N) is 1. The number of nitroso groups, excluding NO2 is 2. The molecule has 0 aromatic heterocycles. The van der Waals surface area contributed by atoms with Crippen LogP contribution in [0.5, 0.6) is 0 Å². The standard InChI is InChI=1S/C16H29N3O2/c1-6-15-9-10-16(17,19-21)14(5,18-20)13(3,4)12(15)8-7-11(15)2/h11-12H,6-10,17H2,1-5H3/t11?,12?,14-,15+,16?/m0/s1.